The average molecular weight is 406 g/mol. The van der Waals surface area contributed by atoms with Crippen molar-refractivity contribution in [3.8, 4) is 5.75 Å². The quantitative estimate of drug-likeness (QED) is 0.762. The summed E-state index contributed by atoms with van der Waals surface area (Å²) in [5.74, 6) is 1.29. The first-order valence-corrected chi connectivity index (χ1v) is 11.5. The highest BCUT2D eigenvalue weighted by Gasteiger charge is 2.60. The van der Waals surface area contributed by atoms with Crippen molar-refractivity contribution in [1.82, 2.24) is 4.90 Å². The van der Waals surface area contributed by atoms with Crippen molar-refractivity contribution < 1.29 is 14.2 Å². The minimum absolute atomic E-state index is 0.138. The van der Waals surface area contributed by atoms with Crippen LogP contribution in [0.15, 0.2) is 48.5 Å². The van der Waals surface area contributed by atoms with E-state index in [4.69, 9.17) is 14.2 Å². The lowest BCUT2D eigenvalue weighted by Gasteiger charge is -2.60. The number of rotatable bonds is 3. The van der Waals surface area contributed by atoms with Crippen LogP contribution in [-0.2, 0) is 27.9 Å². The summed E-state index contributed by atoms with van der Waals surface area (Å²) in [5.41, 5.74) is 4.33. The van der Waals surface area contributed by atoms with Crippen LogP contribution in [0.3, 0.4) is 0 Å². The van der Waals surface area contributed by atoms with E-state index >= 15 is 0 Å². The molecule has 2 saturated heterocycles. The van der Waals surface area contributed by atoms with E-state index in [0.29, 0.717) is 18.6 Å². The molecule has 3 atom stereocenters. The SMILES string of the molecule is CN1CCC23CC4(CC[C@H]2[C@H]1Cc1ccc(OCc2ccccc2)cc13)OCCO4. The molecule has 2 bridgehead atoms. The van der Waals surface area contributed by atoms with Gasteiger partial charge in [0.05, 0.1) is 13.2 Å². The predicted octanol–water partition coefficient (Wildman–Crippen LogP) is 4.31. The summed E-state index contributed by atoms with van der Waals surface area (Å²) in [4.78, 5) is 2.60. The highest BCUT2D eigenvalue weighted by atomic mass is 16.7. The predicted molar refractivity (Wildman–Crippen MR) is 116 cm³/mol. The third-order valence-corrected chi connectivity index (χ3v) is 8.18. The van der Waals surface area contributed by atoms with Gasteiger partial charge in [-0.3, -0.25) is 0 Å². The monoisotopic (exact) mass is 405 g/mol. The van der Waals surface area contributed by atoms with Gasteiger partial charge in [-0.2, -0.15) is 0 Å². The van der Waals surface area contributed by atoms with Gasteiger partial charge >= 0.3 is 0 Å². The van der Waals surface area contributed by atoms with E-state index in [9.17, 15) is 0 Å². The second-order valence-electron chi connectivity index (χ2n) is 9.68. The van der Waals surface area contributed by atoms with Crippen molar-refractivity contribution >= 4 is 0 Å². The zero-order valence-electron chi connectivity index (χ0n) is 17.8. The Morgan fingerprint density at radius 2 is 1.90 bits per heavy atom. The molecule has 2 aromatic rings. The number of piperidine rings is 1. The molecule has 2 aliphatic heterocycles. The Bertz CT molecular complexity index is 923. The van der Waals surface area contributed by atoms with E-state index in [0.717, 1.165) is 44.8 Å². The third-order valence-electron chi connectivity index (χ3n) is 8.18. The summed E-state index contributed by atoms with van der Waals surface area (Å²) >= 11 is 0. The van der Waals surface area contributed by atoms with Gasteiger partial charge < -0.3 is 19.1 Å². The standard InChI is InChI=1S/C26H31NO3/c1-27-12-11-25-18-26(29-13-14-30-26)10-9-22(25)24(27)15-20-7-8-21(16-23(20)25)28-17-19-5-3-2-4-6-19/h2-8,16,22,24H,9-15,17-18H2,1H3/t22-,24+,25?/m0/s1. The topological polar surface area (TPSA) is 30.9 Å². The number of likely N-dealkylation sites (tertiary alicyclic amines) is 1. The number of hydrogen-bond donors (Lipinski definition) is 0. The molecule has 0 aromatic heterocycles. The molecule has 2 aliphatic carbocycles. The van der Waals surface area contributed by atoms with Crippen LogP contribution in [0.1, 0.15) is 42.4 Å². The molecule has 3 fully saturated rings. The Kier molecular flexibility index (Phi) is 4.45. The summed E-state index contributed by atoms with van der Waals surface area (Å²) in [6.45, 7) is 3.22. The van der Waals surface area contributed by atoms with E-state index in [1.54, 1.807) is 0 Å². The Labute approximate surface area is 179 Å². The van der Waals surface area contributed by atoms with Gasteiger partial charge in [0.25, 0.3) is 0 Å². The maximum atomic E-state index is 6.24. The Morgan fingerprint density at radius 1 is 1.07 bits per heavy atom. The van der Waals surface area contributed by atoms with Gasteiger partial charge in [0, 0.05) is 24.3 Å². The third kappa shape index (κ3) is 2.92. The van der Waals surface area contributed by atoms with Crippen LogP contribution in [0.25, 0.3) is 0 Å². The summed E-state index contributed by atoms with van der Waals surface area (Å²) < 4.78 is 18.7. The van der Waals surface area contributed by atoms with Crippen LogP contribution in [0.2, 0.25) is 0 Å². The zero-order chi connectivity index (χ0) is 20.2. The molecule has 1 unspecified atom stereocenters. The fourth-order valence-corrected chi connectivity index (χ4v) is 6.76. The Hall–Kier alpha value is -1.88. The fourth-order valence-electron chi connectivity index (χ4n) is 6.76. The first-order valence-electron chi connectivity index (χ1n) is 11.5. The van der Waals surface area contributed by atoms with E-state index in [2.05, 4.69) is 54.4 Å². The van der Waals surface area contributed by atoms with Crippen LogP contribution in [-0.4, -0.2) is 43.5 Å². The summed E-state index contributed by atoms with van der Waals surface area (Å²) in [6.07, 6.45) is 5.52. The summed E-state index contributed by atoms with van der Waals surface area (Å²) in [5, 5.41) is 0. The lowest BCUT2D eigenvalue weighted by molar-refractivity contribution is -0.212. The number of nitrogens with zero attached hydrogens (tertiary/aromatic N) is 1. The molecule has 0 amide bonds. The van der Waals surface area contributed by atoms with Gasteiger partial charge in [-0.05, 0) is 67.6 Å². The number of benzene rings is 2. The van der Waals surface area contributed by atoms with Gasteiger partial charge in [-0.15, -0.1) is 0 Å². The van der Waals surface area contributed by atoms with Crippen LogP contribution >= 0.6 is 0 Å². The van der Waals surface area contributed by atoms with E-state index in [1.807, 2.05) is 6.07 Å². The molecule has 4 aliphatic rings. The first-order chi connectivity index (χ1) is 14.7. The van der Waals surface area contributed by atoms with E-state index in [1.165, 1.54) is 29.5 Å². The Balaban J connectivity index is 1.36. The van der Waals surface area contributed by atoms with Gasteiger partial charge in [-0.1, -0.05) is 36.4 Å². The van der Waals surface area contributed by atoms with E-state index < -0.39 is 0 Å². The zero-order valence-corrected chi connectivity index (χ0v) is 17.8. The molecule has 4 heteroatoms. The molecule has 2 aromatic carbocycles. The molecular weight excluding hydrogens is 374 g/mol. The second kappa shape index (κ2) is 7.08. The first kappa shape index (κ1) is 18.9. The van der Waals surface area contributed by atoms with E-state index in [-0.39, 0.29) is 11.2 Å². The smallest absolute Gasteiger partial charge is 0.169 e. The van der Waals surface area contributed by atoms with Crippen molar-refractivity contribution in [3.63, 3.8) is 0 Å². The molecule has 1 saturated carbocycles. The maximum absolute atomic E-state index is 6.24. The maximum Gasteiger partial charge on any atom is 0.169 e. The number of fused-ring (bicyclic) bond motifs is 1. The number of hydrogen-bond acceptors (Lipinski definition) is 4. The average Bonchev–Trinajstić information content (AvgIpc) is 3.23. The fraction of sp³-hybridized carbons (Fsp3) is 0.538. The molecule has 6 rings (SSSR count). The van der Waals surface area contributed by atoms with Crippen molar-refractivity contribution in [2.45, 2.75) is 56.0 Å². The number of ether oxygens (including phenoxy) is 3. The molecule has 158 valence electrons. The Morgan fingerprint density at radius 3 is 2.73 bits per heavy atom. The molecule has 2 heterocycles. The molecular formula is C26H31NO3. The van der Waals surface area contributed by atoms with Gasteiger partial charge in [0.15, 0.2) is 5.79 Å². The molecule has 30 heavy (non-hydrogen) atoms. The van der Waals surface area contributed by atoms with Crippen LogP contribution in [0.4, 0.5) is 0 Å². The summed E-state index contributed by atoms with van der Waals surface area (Å²) in [7, 11) is 2.31. The minimum Gasteiger partial charge on any atom is -0.489 e. The highest BCUT2D eigenvalue weighted by Crippen LogP contribution is 2.59. The lowest BCUT2D eigenvalue weighted by atomic mass is 9.51. The highest BCUT2D eigenvalue weighted by molar-refractivity contribution is 5.46. The molecule has 1 spiro atoms. The van der Waals surface area contributed by atoms with Crippen LogP contribution in [0.5, 0.6) is 5.75 Å². The second-order valence-corrected chi connectivity index (χ2v) is 9.68. The van der Waals surface area contributed by atoms with Crippen molar-refractivity contribution in [1.29, 1.82) is 0 Å². The van der Waals surface area contributed by atoms with Gasteiger partial charge in [0.2, 0.25) is 0 Å². The van der Waals surface area contributed by atoms with Gasteiger partial charge in [0.1, 0.15) is 12.4 Å². The molecule has 0 N–H and O–H groups in total. The van der Waals surface area contributed by atoms with Crippen LogP contribution in [0, 0.1) is 5.92 Å². The molecule has 4 nitrogen and oxygen atoms in total. The lowest BCUT2D eigenvalue weighted by Crippen LogP contribution is -2.63. The van der Waals surface area contributed by atoms with Gasteiger partial charge in [-0.25, -0.2) is 0 Å². The number of likely N-dealkylation sites (N-methyl/N-ethyl adjacent to an activating group) is 1. The van der Waals surface area contributed by atoms with Crippen molar-refractivity contribution in [2.24, 2.45) is 5.92 Å². The normalized spacial score (nSPS) is 31.9. The van der Waals surface area contributed by atoms with Crippen molar-refractivity contribution in [2.75, 3.05) is 26.8 Å². The minimum atomic E-state index is -0.369. The summed E-state index contributed by atoms with van der Waals surface area (Å²) in [6, 6.07) is 17.9. The molecule has 0 radical (unpaired) electrons. The largest absolute Gasteiger partial charge is 0.489 e. The van der Waals surface area contributed by atoms with Crippen molar-refractivity contribution in [3.05, 3.63) is 65.2 Å². The van der Waals surface area contributed by atoms with Crippen LogP contribution < -0.4 is 4.74 Å².